The van der Waals surface area contributed by atoms with Crippen LogP contribution in [0.3, 0.4) is 0 Å². The highest BCUT2D eigenvalue weighted by molar-refractivity contribution is 6.30. The summed E-state index contributed by atoms with van der Waals surface area (Å²) < 4.78 is 10.9. The topological polar surface area (TPSA) is 30.5 Å². The summed E-state index contributed by atoms with van der Waals surface area (Å²) in [6, 6.07) is 15.7. The maximum absolute atomic E-state index is 5.87. The van der Waals surface area contributed by atoms with Crippen LogP contribution >= 0.6 is 11.6 Å². The molecule has 21 heavy (non-hydrogen) atoms. The molecule has 4 heteroatoms. The van der Waals surface area contributed by atoms with Crippen molar-refractivity contribution < 1.29 is 9.47 Å². The van der Waals surface area contributed by atoms with Gasteiger partial charge >= 0.3 is 0 Å². The molecule has 2 aromatic rings. The van der Waals surface area contributed by atoms with Crippen LogP contribution < -0.4 is 10.1 Å². The lowest BCUT2D eigenvalue weighted by molar-refractivity contribution is 0.110. The Morgan fingerprint density at radius 3 is 2.62 bits per heavy atom. The van der Waals surface area contributed by atoms with Crippen molar-refractivity contribution in [3.63, 3.8) is 0 Å². The van der Waals surface area contributed by atoms with E-state index in [1.807, 2.05) is 55.5 Å². The molecule has 0 spiro atoms. The van der Waals surface area contributed by atoms with Crippen molar-refractivity contribution in [2.45, 2.75) is 13.5 Å². The molecule has 0 aliphatic heterocycles. The van der Waals surface area contributed by atoms with Gasteiger partial charge in [0.2, 0.25) is 0 Å². The van der Waals surface area contributed by atoms with Crippen molar-refractivity contribution in [3.8, 4) is 5.75 Å². The zero-order valence-corrected chi connectivity index (χ0v) is 12.9. The zero-order valence-electron chi connectivity index (χ0n) is 12.1. The second kappa shape index (κ2) is 8.55. The van der Waals surface area contributed by atoms with Crippen molar-refractivity contribution in [2.75, 3.05) is 25.1 Å². The van der Waals surface area contributed by atoms with Gasteiger partial charge in [0.25, 0.3) is 0 Å². The minimum Gasteiger partial charge on any atom is -0.491 e. The van der Waals surface area contributed by atoms with Crippen LogP contribution in [0.4, 0.5) is 5.69 Å². The third kappa shape index (κ3) is 5.66. The Labute approximate surface area is 130 Å². The van der Waals surface area contributed by atoms with Crippen LogP contribution in [-0.2, 0) is 11.3 Å². The molecule has 0 saturated heterocycles. The van der Waals surface area contributed by atoms with Crippen molar-refractivity contribution in [2.24, 2.45) is 0 Å². The number of anilines is 1. The molecule has 0 aromatic heterocycles. The molecule has 0 radical (unpaired) electrons. The van der Waals surface area contributed by atoms with E-state index in [-0.39, 0.29) is 0 Å². The van der Waals surface area contributed by atoms with E-state index in [1.54, 1.807) is 0 Å². The lowest BCUT2D eigenvalue weighted by atomic mass is 10.2. The highest BCUT2D eigenvalue weighted by Crippen LogP contribution is 2.18. The number of benzene rings is 2. The Morgan fingerprint density at radius 1 is 1.05 bits per heavy atom. The summed E-state index contributed by atoms with van der Waals surface area (Å²) >= 11 is 5.87. The number of halogens is 1. The molecular formula is C17H20ClNO2. The van der Waals surface area contributed by atoms with Crippen LogP contribution in [0.1, 0.15) is 12.5 Å². The third-order valence-corrected chi connectivity index (χ3v) is 3.20. The maximum atomic E-state index is 5.87. The number of ether oxygens (including phenoxy) is 2. The largest absolute Gasteiger partial charge is 0.491 e. The van der Waals surface area contributed by atoms with Crippen LogP contribution in [0.2, 0.25) is 5.02 Å². The SMILES string of the molecule is CCOCCOc1cccc(NCc2ccc(Cl)cc2)c1. The van der Waals surface area contributed by atoms with Crippen LogP contribution in [0, 0.1) is 0 Å². The molecular weight excluding hydrogens is 286 g/mol. The van der Waals surface area contributed by atoms with Gasteiger partial charge in [0.05, 0.1) is 6.61 Å². The Kier molecular flexibility index (Phi) is 6.38. The Bertz CT molecular complexity index is 543. The predicted octanol–water partition coefficient (Wildman–Crippen LogP) is 4.37. The highest BCUT2D eigenvalue weighted by atomic mass is 35.5. The average Bonchev–Trinajstić information content (AvgIpc) is 2.52. The van der Waals surface area contributed by atoms with Gasteiger partial charge in [-0.25, -0.2) is 0 Å². The molecule has 0 unspecified atom stereocenters. The fourth-order valence-corrected chi connectivity index (χ4v) is 1.99. The number of nitrogens with one attached hydrogen (secondary N) is 1. The van der Waals surface area contributed by atoms with Crippen LogP contribution in [-0.4, -0.2) is 19.8 Å². The van der Waals surface area contributed by atoms with Gasteiger partial charge in [-0.15, -0.1) is 0 Å². The summed E-state index contributed by atoms with van der Waals surface area (Å²) in [5, 5.41) is 4.12. The fourth-order valence-electron chi connectivity index (χ4n) is 1.87. The second-order valence-corrected chi connectivity index (χ2v) is 4.99. The van der Waals surface area contributed by atoms with Crippen LogP contribution in [0.5, 0.6) is 5.75 Å². The third-order valence-electron chi connectivity index (χ3n) is 2.94. The molecule has 0 aliphatic carbocycles. The first-order valence-corrected chi connectivity index (χ1v) is 7.44. The minimum absolute atomic E-state index is 0.564. The zero-order chi connectivity index (χ0) is 14.9. The second-order valence-electron chi connectivity index (χ2n) is 4.55. The summed E-state index contributed by atoms with van der Waals surface area (Å²) in [6.07, 6.45) is 0. The highest BCUT2D eigenvalue weighted by Gasteiger charge is 1.98. The van der Waals surface area contributed by atoms with Gasteiger partial charge < -0.3 is 14.8 Å². The Balaban J connectivity index is 1.84. The average molecular weight is 306 g/mol. The molecule has 0 atom stereocenters. The number of rotatable bonds is 8. The standard InChI is InChI=1S/C17H20ClNO2/c1-2-20-10-11-21-17-5-3-4-16(12-17)19-13-14-6-8-15(18)9-7-14/h3-9,12,19H,2,10-11,13H2,1H3. The molecule has 112 valence electrons. The lowest BCUT2D eigenvalue weighted by Gasteiger charge is -2.10. The van der Waals surface area contributed by atoms with E-state index < -0.39 is 0 Å². The van der Waals surface area contributed by atoms with E-state index in [4.69, 9.17) is 21.1 Å². The number of hydrogen-bond donors (Lipinski definition) is 1. The normalized spacial score (nSPS) is 10.4. The van der Waals surface area contributed by atoms with E-state index in [9.17, 15) is 0 Å². The summed E-state index contributed by atoms with van der Waals surface area (Å²) in [4.78, 5) is 0. The first-order chi connectivity index (χ1) is 10.3. The van der Waals surface area contributed by atoms with Crippen LogP contribution in [0.15, 0.2) is 48.5 Å². The van der Waals surface area contributed by atoms with Crippen molar-refractivity contribution >= 4 is 17.3 Å². The van der Waals surface area contributed by atoms with Gasteiger partial charge in [-0.1, -0.05) is 29.8 Å². The van der Waals surface area contributed by atoms with Crippen molar-refractivity contribution in [1.82, 2.24) is 0 Å². The molecule has 0 heterocycles. The summed E-state index contributed by atoms with van der Waals surface area (Å²) in [5.41, 5.74) is 2.21. The molecule has 0 aliphatic rings. The van der Waals surface area contributed by atoms with Gasteiger partial charge in [-0.2, -0.15) is 0 Å². The van der Waals surface area contributed by atoms with Gasteiger partial charge in [-0.05, 0) is 36.8 Å². The van der Waals surface area contributed by atoms with Gasteiger partial charge in [0, 0.05) is 29.9 Å². The van der Waals surface area contributed by atoms with Crippen molar-refractivity contribution in [3.05, 3.63) is 59.1 Å². The van der Waals surface area contributed by atoms with E-state index in [1.165, 1.54) is 5.56 Å². The van der Waals surface area contributed by atoms with E-state index in [0.717, 1.165) is 23.0 Å². The van der Waals surface area contributed by atoms with Gasteiger partial charge in [-0.3, -0.25) is 0 Å². The maximum Gasteiger partial charge on any atom is 0.121 e. The Hall–Kier alpha value is -1.71. The molecule has 0 saturated carbocycles. The smallest absolute Gasteiger partial charge is 0.121 e. The molecule has 2 rings (SSSR count). The monoisotopic (exact) mass is 305 g/mol. The molecule has 0 amide bonds. The first kappa shape index (κ1) is 15.7. The lowest BCUT2D eigenvalue weighted by Crippen LogP contribution is -2.06. The number of hydrogen-bond acceptors (Lipinski definition) is 3. The van der Waals surface area contributed by atoms with Gasteiger partial charge in [0.1, 0.15) is 12.4 Å². The quantitative estimate of drug-likeness (QED) is 0.735. The first-order valence-electron chi connectivity index (χ1n) is 7.07. The minimum atomic E-state index is 0.564. The van der Waals surface area contributed by atoms with Crippen LogP contribution in [0.25, 0.3) is 0 Å². The predicted molar refractivity (Wildman–Crippen MR) is 87.2 cm³/mol. The molecule has 0 bridgehead atoms. The molecule has 3 nitrogen and oxygen atoms in total. The molecule has 1 N–H and O–H groups in total. The van der Waals surface area contributed by atoms with Crippen molar-refractivity contribution in [1.29, 1.82) is 0 Å². The summed E-state index contributed by atoms with van der Waals surface area (Å²) in [7, 11) is 0. The molecule has 0 fully saturated rings. The van der Waals surface area contributed by atoms with E-state index in [0.29, 0.717) is 19.8 Å². The van der Waals surface area contributed by atoms with Gasteiger partial charge in [0.15, 0.2) is 0 Å². The Morgan fingerprint density at radius 2 is 1.86 bits per heavy atom. The van der Waals surface area contributed by atoms with E-state index >= 15 is 0 Å². The summed E-state index contributed by atoms with van der Waals surface area (Å²) in [5.74, 6) is 0.843. The van der Waals surface area contributed by atoms with E-state index in [2.05, 4.69) is 5.32 Å². The summed E-state index contributed by atoms with van der Waals surface area (Å²) in [6.45, 7) is 4.61. The fraction of sp³-hybridized carbons (Fsp3) is 0.294. The molecule has 2 aromatic carbocycles.